The average Bonchev–Trinajstić information content (AvgIpc) is 2.70. The first kappa shape index (κ1) is 12.0. The van der Waals surface area contributed by atoms with Gasteiger partial charge in [-0.3, -0.25) is 4.79 Å². The highest BCUT2D eigenvalue weighted by molar-refractivity contribution is 6.00. The lowest BCUT2D eigenvalue weighted by molar-refractivity contribution is 0.0688. The summed E-state index contributed by atoms with van der Waals surface area (Å²) in [6.45, 7) is 2.14. The highest BCUT2D eigenvalue weighted by Gasteiger charge is 2.47. The summed E-state index contributed by atoms with van der Waals surface area (Å²) in [6.07, 6.45) is 0.871. The van der Waals surface area contributed by atoms with E-state index in [0.717, 1.165) is 17.5 Å². The Hall–Kier alpha value is -2.09. The molecule has 0 aromatic heterocycles. The second kappa shape index (κ2) is 4.23. The summed E-state index contributed by atoms with van der Waals surface area (Å²) < 4.78 is 0. The van der Waals surface area contributed by atoms with Crippen LogP contribution in [0.25, 0.3) is 0 Å². The van der Waals surface area contributed by atoms with E-state index in [1.165, 1.54) is 5.56 Å². The maximum absolute atomic E-state index is 12.5. The predicted octanol–water partition coefficient (Wildman–Crippen LogP) is 3.43. The Labute approximate surface area is 113 Å². The second-order valence-electron chi connectivity index (χ2n) is 4.99. The van der Waals surface area contributed by atoms with Gasteiger partial charge in [0.1, 0.15) is 0 Å². The van der Waals surface area contributed by atoms with E-state index in [2.05, 4.69) is 25.1 Å². The fraction of sp³-hybridized carbons (Fsp3) is 0.235. The van der Waals surface area contributed by atoms with Crippen molar-refractivity contribution in [2.75, 3.05) is 7.05 Å². The lowest BCUT2D eigenvalue weighted by Gasteiger charge is -2.37. The molecule has 0 spiro atoms. The number of amides is 1. The molecule has 2 aromatic carbocycles. The SMILES string of the molecule is CCC1(c2ccccc2)c2ccccc2C(=O)N1C. The van der Waals surface area contributed by atoms with E-state index in [4.69, 9.17) is 0 Å². The summed E-state index contributed by atoms with van der Waals surface area (Å²) in [6, 6.07) is 18.2. The van der Waals surface area contributed by atoms with Crippen molar-refractivity contribution in [3.05, 3.63) is 71.3 Å². The van der Waals surface area contributed by atoms with E-state index in [9.17, 15) is 4.79 Å². The van der Waals surface area contributed by atoms with Crippen molar-refractivity contribution in [1.29, 1.82) is 0 Å². The second-order valence-corrected chi connectivity index (χ2v) is 4.99. The molecule has 0 N–H and O–H groups in total. The fourth-order valence-electron chi connectivity index (χ4n) is 3.26. The van der Waals surface area contributed by atoms with Gasteiger partial charge in [0.2, 0.25) is 0 Å². The van der Waals surface area contributed by atoms with Crippen molar-refractivity contribution in [1.82, 2.24) is 4.90 Å². The first-order valence-corrected chi connectivity index (χ1v) is 6.65. The fourth-order valence-corrected chi connectivity index (χ4v) is 3.26. The van der Waals surface area contributed by atoms with E-state index in [1.807, 2.05) is 48.3 Å². The molecule has 96 valence electrons. The number of carbonyl (C=O) groups is 1. The van der Waals surface area contributed by atoms with Gasteiger partial charge >= 0.3 is 0 Å². The number of benzene rings is 2. The summed E-state index contributed by atoms with van der Waals surface area (Å²) in [5, 5.41) is 0. The Balaban J connectivity index is 2.30. The third kappa shape index (κ3) is 1.46. The lowest BCUT2D eigenvalue weighted by Crippen LogP contribution is -2.41. The Morgan fingerprint density at radius 3 is 2.32 bits per heavy atom. The Kier molecular flexibility index (Phi) is 2.67. The van der Waals surface area contributed by atoms with E-state index in [-0.39, 0.29) is 11.4 Å². The van der Waals surface area contributed by atoms with Crippen LogP contribution in [0.4, 0.5) is 0 Å². The molecule has 1 aliphatic rings. The largest absolute Gasteiger partial charge is 0.328 e. The van der Waals surface area contributed by atoms with Crippen LogP contribution in [-0.4, -0.2) is 17.9 Å². The first-order chi connectivity index (χ1) is 9.21. The van der Waals surface area contributed by atoms with Crippen LogP contribution in [0.5, 0.6) is 0 Å². The Morgan fingerprint density at radius 1 is 1.00 bits per heavy atom. The van der Waals surface area contributed by atoms with Crippen LogP contribution in [0.3, 0.4) is 0 Å². The van der Waals surface area contributed by atoms with Gasteiger partial charge in [0.05, 0.1) is 5.54 Å². The van der Waals surface area contributed by atoms with Gasteiger partial charge in [-0.15, -0.1) is 0 Å². The molecular weight excluding hydrogens is 234 g/mol. The maximum atomic E-state index is 12.5. The number of hydrogen-bond acceptors (Lipinski definition) is 1. The topological polar surface area (TPSA) is 20.3 Å². The third-order valence-corrected chi connectivity index (χ3v) is 4.24. The number of fused-ring (bicyclic) bond motifs is 1. The summed E-state index contributed by atoms with van der Waals surface area (Å²) in [5.74, 6) is 0.112. The van der Waals surface area contributed by atoms with E-state index in [1.54, 1.807) is 0 Å². The number of rotatable bonds is 2. The molecule has 1 atom stereocenters. The molecule has 3 rings (SSSR count). The summed E-state index contributed by atoms with van der Waals surface area (Å²) in [7, 11) is 1.90. The zero-order valence-electron chi connectivity index (χ0n) is 11.3. The van der Waals surface area contributed by atoms with Gasteiger partial charge in [-0.1, -0.05) is 55.5 Å². The van der Waals surface area contributed by atoms with Gasteiger partial charge in [0.25, 0.3) is 5.91 Å². The normalized spacial score (nSPS) is 21.6. The summed E-state index contributed by atoms with van der Waals surface area (Å²) in [5.41, 5.74) is 2.81. The average molecular weight is 251 g/mol. The molecule has 0 fully saturated rings. The van der Waals surface area contributed by atoms with Crippen molar-refractivity contribution >= 4 is 5.91 Å². The Bertz CT molecular complexity index is 620. The van der Waals surface area contributed by atoms with Crippen LogP contribution >= 0.6 is 0 Å². The van der Waals surface area contributed by atoms with Crippen molar-refractivity contribution < 1.29 is 4.79 Å². The molecule has 2 aromatic rings. The highest BCUT2D eigenvalue weighted by atomic mass is 16.2. The van der Waals surface area contributed by atoms with Crippen LogP contribution in [0.15, 0.2) is 54.6 Å². The summed E-state index contributed by atoms with van der Waals surface area (Å²) in [4.78, 5) is 14.4. The molecule has 0 bridgehead atoms. The van der Waals surface area contributed by atoms with Crippen LogP contribution < -0.4 is 0 Å². The molecule has 1 heterocycles. The molecule has 1 amide bonds. The molecule has 2 nitrogen and oxygen atoms in total. The zero-order valence-corrected chi connectivity index (χ0v) is 11.3. The van der Waals surface area contributed by atoms with Crippen molar-refractivity contribution in [3.8, 4) is 0 Å². The molecular formula is C17H17NO. The summed E-state index contributed by atoms with van der Waals surface area (Å²) >= 11 is 0. The van der Waals surface area contributed by atoms with E-state index >= 15 is 0 Å². The van der Waals surface area contributed by atoms with Crippen LogP contribution in [0.2, 0.25) is 0 Å². The molecule has 19 heavy (non-hydrogen) atoms. The Morgan fingerprint density at radius 2 is 1.63 bits per heavy atom. The smallest absolute Gasteiger partial charge is 0.254 e. The number of nitrogens with zero attached hydrogens (tertiary/aromatic N) is 1. The van der Waals surface area contributed by atoms with Gasteiger partial charge in [-0.05, 0) is 23.6 Å². The molecule has 0 aliphatic carbocycles. The molecule has 0 radical (unpaired) electrons. The predicted molar refractivity (Wildman–Crippen MR) is 76.0 cm³/mol. The maximum Gasteiger partial charge on any atom is 0.254 e. The van der Waals surface area contributed by atoms with Crippen LogP contribution in [-0.2, 0) is 5.54 Å². The highest BCUT2D eigenvalue weighted by Crippen LogP contribution is 2.45. The minimum absolute atomic E-state index is 0.112. The van der Waals surface area contributed by atoms with Gasteiger partial charge in [-0.2, -0.15) is 0 Å². The quantitative estimate of drug-likeness (QED) is 0.800. The standard InChI is InChI=1S/C17H17NO/c1-3-17(13-9-5-4-6-10-13)15-12-8-7-11-14(15)16(19)18(17)2/h4-12H,3H2,1-2H3. The van der Waals surface area contributed by atoms with Crippen molar-refractivity contribution in [2.24, 2.45) is 0 Å². The van der Waals surface area contributed by atoms with Gasteiger partial charge in [0.15, 0.2) is 0 Å². The molecule has 1 aliphatic heterocycles. The van der Waals surface area contributed by atoms with Crippen LogP contribution in [0, 0.1) is 0 Å². The zero-order chi connectivity index (χ0) is 13.5. The van der Waals surface area contributed by atoms with Gasteiger partial charge in [-0.25, -0.2) is 0 Å². The molecule has 0 saturated carbocycles. The number of hydrogen-bond donors (Lipinski definition) is 0. The molecule has 0 saturated heterocycles. The van der Waals surface area contributed by atoms with Gasteiger partial charge in [0, 0.05) is 12.6 Å². The minimum Gasteiger partial charge on any atom is -0.328 e. The minimum atomic E-state index is -0.324. The van der Waals surface area contributed by atoms with Crippen molar-refractivity contribution in [3.63, 3.8) is 0 Å². The molecule has 2 heteroatoms. The molecule has 1 unspecified atom stereocenters. The van der Waals surface area contributed by atoms with Crippen molar-refractivity contribution in [2.45, 2.75) is 18.9 Å². The van der Waals surface area contributed by atoms with Crippen LogP contribution in [0.1, 0.15) is 34.8 Å². The monoisotopic (exact) mass is 251 g/mol. The lowest BCUT2D eigenvalue weighted by atomic mass is 9.81. The third-order valence-electron chi connectivity index (χ3n) is 4.24. The van der Waals surface area contributed by atoms with E-state index < -0.39 is 0 Å². The van der Waals surface area contributed by atoms with E-state index in [0.29, 0.717) is 0 Å². The first-order valence-electron chi connectivity index (χ1n) is 6.65. The van der Waals surface area contributed by atoms with Gasteiger partial charge < -0.3 is 4.90 Å². The number of carbonyl (C=O) groups excluding carboxylic acids is 1.